The molecule has 1 spiro atoms. The van der Waals surface area contributed by atoms with E-state index in [1.165, 1.54) is 22.1 Å². The number of hydrogen-bond acceptors (Lipinski definition) is 3. The highest BCUT2D eigenvalue weighted by atomic mass is 16.2. The molecular formula is C29H30N4O2. The van der Waals surface area contributed by atoms with E-state index in [9.17, 15) is 9.59 Å². The Morgan fingerprint density at radius 1 is 1.09 bits per heavy atom. The van der Waals surface area contributed by atoms with Gasteiger partial charge in [-0.3, -0.25) is 19.5 Å². The van der Waals surface area contributed by atoms with Crippen LogP contribution in [0.15, 0.2) is 53.7 Å². The highest BCUT2D eigenvalue weighted by Crippen LogP contribution is 2.46. The standard InChI is InChI=1S/C29H30N4O2/c1-18-14-23(4-6-24(18)21-5-7-25-22(15-21)8-12-30-25)26-31-29(10-11-29)28(35)33(26)17-19-9-13-32(16-19)27(34)20-2-3-20/h4-8,12,14-15,19-20,30H,2-3,9-11,13,16-17H2,1H3/t19-/m1/s1. The topological polar surface area (TPSA) is 68.8 Å². The monoisotopic (exact) mass is 466 g/mol. The van der Waals surface area contributed by atoms with Gasteiger partial charge in [0.15, 0.2) is 0 Å². The van der Waals surface area contributed by atoms with E-state index in [4.69, 9.17) is 4.99 Å². The Kier molecular flexibility index (Phi) is 4.51. The minimum absolute atomic E-state index is 0.152. The number of carbonyl (C=O) groups excluding carboxylic acids is 2. The first-order valence-electron chi connectivity index (χ1n) is 12.9. The quantitative estimate of drug-likeness (QED) is 0.601. The fourth-order valence-electron chi connectivity index (χ4n) is 5.87. The zero-order valence-corrected chi connectivity index (χ0v) is 20.1. The summed E-state index contributed by atoms with van der Waals surface area (Å²) in [4.78, 5) is 38.1. The number of nitrogens with zero attached hydrogens (tertiary/aromatic N) is 3. The maximum Gasteiger partial charge on any atom is 0.256 e. The zero-order chi connectivity index (χ0) is 23.7. The number of likely N-dealkylation sites (tertiary alicyclic amines) is 1. The number of nitrogens with one attached hydrogen (secondary N) is 1. The Hall–Kier alpha value is -3.41. The summed E-state index contributed by atoms with van der Waals surface area (Å²) in [5.41, 5.74) is 5.17. The van der Waals surface area contributed by atoms with E-state index < -0.39 is 5.54 Å². The van der Waals surface area contributed by atoms with Crippen molar-refractivity contribution in [1.82, 2.24) is 14.8 Å². The van der Waals surface area contributed by atoms with Crippen molar-refractivity contribution in [2.24, 2.45) is 16.8 Å². The molecule has 3 fully saturated rings. The van der Waals surface area contributed by atoms with Crippen LogP contribution in [-0.4, -0.2) is 57.6 Å². The molecule has 2 aliphatic heterocycles. The number of aromatic amines is 1. The molecule has 1 atom stereocenters. The number of amides is 2. The van der Waals surface area contributed by atoms with E-state index in [2.05, 4.69) is 54.4 Å². The van der Waals surface area contributed by atoms with Gasteiger partial charge >= 0.3 is 0 Å². The number of H-pyrrole nitrogens is 1. The normalized spacial score (nSPS) is 22.9. The van der Waals surface area contributed by atoms with Crippen molar-refractivity contribution in [3.05, 3.63) is 59.8 Å². The Balaban J connectivity index is 1.15. The van der Waals surface area contributed by atoms with Gasteiger partial charge in [-0.25, -0.2) is 0 Å². The number of aromatic nitrogens is 1. The molecule has 0 radical (unpaired) electrons. The Bertz CT molecular complexity index is 1390. The van der Waals surface area contributed by atoms with Gasteiger partial charge in [0.25, 0.3) is 5.91 Å². The first-order valence-corrected chi connectivity index (χ1v) is 12.9. The third-order valence-corrected chi connectivity index (χ3v) is 8.26. The fourth-order valence-corrected chi connectivity index (χ4v) is 5.87. The van der Waals surface area contributed by atoms with Crippen molar-refractivity contribution in [3.63, 3.8) is 0 Å². The van der Waals surface area contributed by atoms with Crippen LogP contribution >= 0.6 is 0 Å². The molecule has 6 heteroatoms. The molecule has 2 saturated carbocycles. The molecule has 2 aromatic carbocycles. The lowest BCUT2D eigenvalue weighted by Gasteiger charge is -2.24. The van der Waals surface area contributed by atoms with E-state index in [0.29, 0.717) is 18.4 Å². The molecule has 4 aliphatic rings. The summed E-state index contributed by atoms with van der Waals surface area (Å²) in [6.45, 7) is 4.36. The Labute approximate surface area is 205 Å². The van der Waals surface area contributed by atoms with Crippen molar-refractivity contribution >= 4 is 28.6 Å². The number of rotatable bonds is 5. The average molecular weight is 467 g/mol. The van der Waals surface area contributed by atoms with Crippen LogP contribution in [-0.2, 0) is 9.59 Å². The predicted octanol–water partition coefficient (Wildman–Crippen LogP) is 4.52. The second-order valence-corrected chi connectivity index (χ2v) is 10.9. The summed E-state index contributed by atoms with van der Waals surface area (Å²) in [7, 11) is 0. The van der Waals surface area contributed by atoms with Gasteiger partial charge in [-0.05, 0) is 91.3 Å². The van der Waals surface area contributed by atoms with Crippen LogP contribution in [0.1, 0.15) is 43.2 Å². The van der Waals surface area contributed by atoms with Crippen LogP contribution in [0.3, 0.4) is 0 Å². The van der Waals surface area contributed by atoms with Crippen molar-refractivity contribution in [3.8, 4) is 11.1 Å². The molecule has 3 heterocycles. The molecule has 0 unspecified atom stereocenters. The van der Waals surface area contributed by atoms with Crippen molar-refractivity contribution < 1.29 is 9.59 Å². The van der Waals surface area contributed by atoms with Crippen molar-refractivity contribution in [2.75, 3.05) is 19.6 Å². The van der Waals surface area contributed by atoms with Crippen LogP contribution in [0.5, 0.6) is 0 Å². The maximum atomic E-state index is 13.4. The van der Waals surface area contributed by atoms with E-state index in [1.54, 1.807) is 0 Å². The molecule has 178 valence electrons. The van der Waals surface area contributed by atoms with Gasteiger partial charge in [0.1, 0.15) is 11.4 Å². The maximum absolute atomic E-state index is 13.4. The first-order chi connectivity index (χ1) is 17.0. The summed E-state index contributed by atoms with van der Waals surface area (Å²) < 4.78 is 0. The summed E-state index contributed by atoms with van der Waals surface area (Å²) >= 11 is 0. The van der Waals surface area contributed by atoms with Gasteiger partial charge in [0.05, 0.1) is 0 Å². The van der Waals surface area contributed by atoms with E-state index >= 15 is 0 Å². The smallest absolute Gasteiger partial charge is 0.256 e. The molecule has 2 amide bonds. The number of amidine groups is 1. The Morgan fingerprint density at radius 3 is 2.69 bits per heavy atom. The largest absolute Gasteiger partial charge is 0.361 e. The van der Waals surface area contributed by atoms with Crippen molar-refractivity contribution in [1.29, 1.82) is 0 Å². The molecule has 6 nitrogen and oxygen atoms in total. The molecule has 0 bridgehead atoms. The van der Waals surface area contributed by atoms with Gasteiger partial charge in [-0.1, -0.05) is 18.2 Å². The highest BCUT2D eigenvalue weighted by molar-refractivity contribution is 6.16. The number of aryl methyl sites for hydroxylation is 1. The van der Waals surface area contributed by atoms with E-state index in [-0.39, 0.29) is 11.8 Å². The zero-order valence-electron chi connectivity index (χ0n) is 20.1. The molecule has 1 aromatic heterocycles. The molecule has 7 rings (SSSR count). The lowest BCUT2D eigenvalue weighted by atomic mass is 9.97. The van der Waals surface area contributed by atoms with Crippen LogP contribution in [0, 0.1) is 18.8 Å². The number of fused-ring (bicyclic) bond motifs is 1. The van der Waals surface area contributed by atoms with Crippen molar-refractivity contribution in [2.45, 2.75) is 44.6 Å². The van der Waals surface area contributed by atoms with Gasteiger partial charge in [-0.2, -0.15) is 0 Å². The molecule has 35 heavy (non-hydrogen) atoms. The lowest BCUT2D eigenvalue weighted by Crippen LogP contribution is -2.41. The highest BCUT2D eigenvalue weighted by Gasteiger charge is 2.57. The summed E-state index contributed by atoms with van der Waals surface area (Å²) in [5, 5.41) is 1.20. The summed E-state index contributed by atoms with van der Waals surface area (Å²) in [6, 6.07) is 15.0. The fraction of sp³-hybridized carbons (Fsp3) is 0.414. The third-order valence-electron chi connectivity index (χ3n) is 8.26. The number of benzene rings is 2. The molecule has 2 aliphatic carbocycles. The second-order valence-electron chi connectivity index (χ2n) is 10.9. The van der Waals surface area contributed by atoms with Crippen LogP contribution < -0.4 is 0 Å². The molecular weight excluding hydrogens is 436 g/mol. The number of carbonyl (C=O) groups is 2. The van der Waals surface area contributed by atoms with Crippen LogP contribution in [0.4, 0.5) is 0 Å². The van der Waals surface area contributed by atoms with E-state index in [1.807, 2.05) is 16.0 Å². The van der Waals surface area contributed by atoms with Gasteiger partial charge in [-0.15, -0.1) is 0 Å². The average Bonchev–Trinajstić information content (AvgIpc) is 3.74. The third kappa shape index (κ3) is 3.49. The van der Waals surface area contributed by atoms with Gasteiger partial charge in [0.2, 0.25) is 5.91 Å². The number of hydrogen-bond donors (Lipinski definition) is 1. The van der Waals surface area contributed by atoms with Crippen LogP contribution in [0.25, 0.3) is 22.0 Å². The predicted molar refractivity (Wildman–Crippen MR) is 136 cm³/mol. The minimum Gasteiger partial charge on any atom is -0.361 e. The summed E-state index contributed by atoms with van der Waals surface area (Å²) in [5.74, 6) is 1.86. The summed E-state index contributed by atoms with van der Waals surface area (Å²) in [6.07, 6.45) is 6.69. The molecule has 1 N–H and O–H groups in total. The van der Waals surface area contributed by atoms with Gasteiger partial charge in [0, 0.05) is 42.8 Å². The Morgan fingerprint density at radius 2 is 1.91 bits per heavy atom. The van der Waals surface area contributed by atoms with Gasteiger partial charge < -0.3 is 9.88 Å². The first kappa shape index (κ1) is 20.9. The molecule has 3 aromatic rings. The second kappa shape index (κ2) is 7.54. The minimum atomic E-state index is -0.524. The SMILES string of the molecule is Cc1cc(C2=NC3(CC3)C(=O)N2C[C@@H]2CCN(C(=O)C3CC3)C2)ccc1-c1ccc2[nH]ccc2c1. The molecule has 1 saturated heterocycles. The van der Waals surface area contributed by atoms with E-state index in [0.717, 1.165) is 62.1 Å². The lowest BCUT2D eigenvalue weighted by molar-refractivity contribution is -0.131. The number of aliphatic imine (C=N–C) groups is 1. The van der Waals surface area contributed by atoms with Crippen LogP contribution in [0.2, 0.25) is 0 Å².